The van der Waals surface area contributed by atoms with E-state index in [2.05, 4.69) is 4.72 Å². The second-order valence-corrected chi connectivity index (χ2v) is 4.80. The molecule has 7 heteroatoms. The lowest BCUT2D eigenvalue weighted by Crippen LogP contribution is -2.45. The van der Waals surface area contributed by atoms with Crippen molar-refractivity contribution < 1.29 is 18.3 Å². The van der Waals surface area contributed by atoms with Crippen LogP contribution in [-0.2, 0) is 15.0 Å². The van der Waals surface area contributed by atoms with Crippen LogP contribution >= 0.6 is 0 Å². The molecule has 0 aliphatic heterocycles. The smallest absolute Gasteiger partial charge is 0.318 e. The minimum Gasteiger partial charge on any atom is -0.480 e. The van der Waals surface area contributed by atoms with Crippen molar-refractivity contribution in [3.63, 3.8) is 0 Å². The van der Waals surface area contributed by atoms with Crippen LogP contribution in [0.25, 0.3) is 0 Å². The van der Waals surface area contributed by atoms with Gasteiger partial charge in [-0.2, -0.15) is 17.4 Å². The lowest BCUT2D eigenvalue weighted by molar-refractivity contribution is -0.137. The van der Waals surface area contributed by atoms with Crippen molar-refractivity contribution in [2.45, 2.75) is 26.8 Å². The maximum atomic E-state index is 11.5. The van der Waals surface area contributed by atoms with Crippen molar-refractivity contribution in [3.8, 4) is 0 Å². The van der Waals surface area contributed by atoms with Crippen LogP contribution in [-0.4, -0.2) is 42.9 Å². The highest BCUT2D eigenvalue weighted by Crippen LogP contribution is 1.98. The van der Waals surface area contributed by atoms with E-state index in [1.165, 1.54) is 0 Å². The molecule has 14 heavy (non-hydrogen) atoms. The number of hydrogen-bond acceptors (Lipinski definition) is 3. The topological polar surface area (TPSA) is 86.7 Å². The Kier molecular flexibility index (Phi) is 5.03. The average molecular weight is 224 g/mol. The minimum absolute atomic E-state index is 0.133. The lowest BCUT2D eigenvalue weighted by atomic mass is 10.4. The first kappa shape index (κ1) is 13.3. The number of aliphatic carboxylic acids is 1. The number of hydrogen-bond donors (Lipinski definition) is 2. The van der Waals surface area contributed by atoms with Gasteiger partial charge in [-0.05, 0) is 13.8 Å². The molecule has 0 aliphatic rings. The fourth-order valence-electron chi connectivity index (χ4n) is 0.890. The Morgan fingerprint density at radius 3 is 2.29 bits per heavy atom. The first-order valence-corrected chi connectivity index (χ1v) is 5.72. The highest BCUT2D eigenvalue weighted by Gasteiger charge is 2.22. The Bertz CT molecular complexity index is 286. The maximum absolute atomic E-state index is 11.5. The summed E-state index contributed by atoms with van der Waals surface area (Å²) in [5, 5.41) is 8.48. The van der Waals surface area contributed by atoms with Crippen molar-refractivity contribution in [3.05, 3.63) is 0 Å². The molecule has 0 bridgehead atoms. The Morgan fingerprint density at radius 2 is 2.00 bits per heavy atom. The first-order valence-electron chi connectivity index (χ1n) is 4.28. The summed E-state index contributed by atoms with van der Waals surface area (Å²) in [5.74, 6) is -1.17. The molecular weight excluding hydrogens is 208 g/mol. The van der Waals surface area contributed by atoms with E-state index in [1.807, 2.05) is 0 Å². The summed E-state index contributed by atoms with van der Waals surface area (Å²) in [7, 11) is -3.66. The molecule has 0 unspecified atom stereocenters. The molecule has 0 aromatic rings. The minimum atomic E-state index is -3.66. The van der Waals surface area contributed by atoms with Crippen molar-refractivity contribution in [2.24, 2.45) is 0 Å². The van der Waals surface area contributed by atoms with E-state index >= 15 is 0 Å². The third-order valence-electron chi connectivity index (χ3n) is 1.39. The second-order valence-electron chi connectivity index (χ2n) is 3.10. The van der Waals surface area contributed by atoms with Gasteiger partial charge in [0.15, 0.2) is 0 Å². The normalized spacial score (nSPS) is 12.4. The molecule has 0 aromatic heterocycles. The molecule has 0 fully saturated rings. The summed E-state index contributed by atoms with van der Waals surface area (Å²) < 4.78 is 26.1. The molecular formula is C7H16N2O4S. The van der Waals surface area contributed by atoms with E-state index in [1.54, 1.807) is 20.8 Å². The van der Waals surface area contributed by atoms with E-state index < -0.39 is 22.7 Å². The van der Waals surface area contributed by atoms with Gasteiger partial charge in [0.05, 0.1) is 0 Å². The van der Waals surface area contributed by atoms with Gasteiger partial charge in [-0.1, -0.05) is 6.92 Å². The van der Waals surface area contributed by atoms with Gasteiger partial charge < -0.3 is 5.11 Å². The van der Waals surface area contributed by atoms with Crippen molar-refractivity contribution in [1.82, 2.24) is 9.03 Å². The van der Waals surface area contributed by atoms with Crippen LogP contribution in [0, 0.1) is 0 Å². The van der Waals surface area contributed by atoms with Crippen molar-refractivity contribution in [2.75, 3.05) is 13.1 Å². The Hall–Kier alpha value is -0.660. The number of likely N-dealkylation sites (N-methyl/N-ethyl adjacent to an activating group) is 1. The zero-order valence-electron chi connectivity index (χ0n) is 8.52. The van der Waals surface area contributed by atoms with Gasteiger partial charge in [0.25, 0.3) is 10.2 Å². The molecule has 0 saturated carbocycles. The third kappa shape index (κ3) is 4.54. The molecule has 84 valence electrons. The van der Waals surface area contributed by atoms with Gasteiger partial charge >= 0.3 is 5.97 Å². The molecule has 0 aliphatic carbocycles. The van der Waals surface area contributed by atoms with Crippen LogP contribution in [0.5, 0.6) is 0 Å². The Balaban J connectivity index is 4.58. The van der Waals surface area contributed by atoms with E-state index in [0.717, 1.165) is 4.31 Å². The van der Waals surface area contributed by atoms with Crippen LogP contribution in [0.15, 0.2) is 0 Å². The molecule has 0 aromatic carbocycles. The van der Waals surface area contributed by atoms with E-state index in [9.17, 15) is 13.2 Å². The van der Waals surface area contributed by atoms with Crippen LogP contribution in [0.4, 0.5) is 0 Å². The highest BCUT2D eigenvalue weighted by atomic mass is 32.2. The van der Waals surface area contributed by atoms with E-state index in [0.29, 0.717) is 0 Å². The number of carboxylic acids is 1. The summed E-state index contributed by atoms with van der Waals surface area (Å²) in [6.45, 7) is 4.55. The van der Waals surface area contributed by atoms with Gasteiger partial charge in [0.2, 0.25) is 0 Å². The van der Waals surface area contributed by atoms with Gasteiger partial charge in [-0.25, -0.2) is 0 Å². The number of nitrogens with zero attached hydrogens (tertiary/aromatic N) is 1. The van der Waals surface area contributed by atoms with Crippen LogP contribution in [0.1, 0.15) is 20.8 Å². The zero-order chi connectivity index (χ0) is 11.4. The van der Waals surface area contributed by atoms with Crippen LogP contribution in [0.3, 0.4) is 0 Å². The molecule has 0 radical (unpaired) electrons. The summed E-state index contributed by atoms with van der Waals surface area (Å²) >= 11 is 0. The molecule has 0 heterocycles. The predicted octanol–water partition coefficient (Wildman–Crippen LogP) is -0.364. The fourth-order valence-corrected chi connectivity index (χ4v) is 2.26. The molecule has 0 amide bonds. The Morgan fingerprint density at radius 1 is 1.50 bits per heavy atom. The standard InChI is InChI=1S/C7H16N2O4S/c1-4-9(5-7(10)11)14(12,13)8-6(2)3/h6,8H,4-5H2,1-3H3,(H,10,11). The van der Waals surface area contributed by atoms with Crippen molar-refractivity contribution in [1.29, 1.82) is 0 Å². The quantitative estimate of drug-likeness (QED) is 0.645. The molecule has 2 N–H and O–H groups in total. The summed E-state index contributed by atoms with van der Waals surface area (Å²) in [4.78, 5) is 10.4. The van der Waals surface area contributed by atoms with Gasteiger partial charge in [-0.15, -0.1) is 0 Å². The molecule has 0 spiro atoms. The molecule has 0 saturated heterocycles. The molecule has 0 rings (SSSR count). The van der Waals surface area contributed by atoms with Gasteiger partial charge in [-0.3, -0.25) is 4.79 Å². The number of rotatable bonds is 6. The fraction of sp³-hybridized carbons (Fsp3) is 0.857. The van der Waals surface area contributed by atoms with E-state index in [4.69, 9.17) is 5.11 Å². The predicted molar refractivity (Wildman–Crippen MR) is 52.1 cm³/mol. The van der Waals surface area contributed by atoms with Crippen molar-refractivity contribution >= 4 is 16.2 Å². The second kappa shape index (κ2) is 5.28. The number of nitrogens with one attached hydrogen (secondary N) is 1. The van der Waals surface area contributed by atoms with Crippen LogP contribution in [0.2, 0.25) is 0 Å². The SMILES string of the molecule is CCN(CC(=O)O)S(=O)(=O)NC(C)C. The summed E-state index contributed by atoms with van der Waals surface area (Å²) in [5.41, 5.74) is 0. The third-order valence-corrected chi connectivity index (χ3v) is 3.23. The average Bonchev–Trinajstić information content (AvgIpc) is 1.96. The molecule has 0 atom stereocenters. The largest absolute Gasteiger partial charge is 0.480 e. The molecule has 6 nitrogen and oxygen atoms in total. The Labute approximate surface area is 84.1 Å². The first-order chi connectivity index (χ1) is 6.29. The van der Waals surface area contributed by atoms with E-state index in [-0.39, 0.29) is 12.6 Å². The summed E-state index contributed by atoms with van der Waals surface area (Å²) in [6, 6.07) is -0.247. The lowest BCUT2D eigenvalue weighted by Gasteiger charge is -2.20. The van der Waals surface area contributed by atoms with Gasteiger partial charge in [0, 0.05) is 12.6 Å². The zero-order valence-corrected chi connectivity index (χ0v) is 9.34. The van der Waals surface area contributed by atoms with Crippen LogP contribution < -0.4 is 4.72 Å². The summed E-state index contributed by atoms with van der Waals surface area (Å²) in [6.07, 6.45) is 0. The number of carbonyl (C=O) groups is 1. The van der Waals surface area contributed by atoms with Gasteiger partial charge in [0.1, 0.15) is 6.54 Å². The highest BCUT2D eigenvalue weighted by molar-refractivity contribution is 7.87. The monoisotopic (exact) mass is 224 g/mol. The number of carboxylic acid groups (broad SMARTS) is 1. The maximum Gasteiger partial charge on any atom is 0.318 e.